The lowest BCUT2D eigenvalue weighted by Gasteiger charge is -2.42. The zero-order valence-electron chi connectivity index (χ0n) is 23.0. The second-order valence-corrected chi connectivity index (χ2v) is 10.6. The van der Waals surface area contributed by atoms with E-state index in [1.54, 1.807) is 10.6 Å². The highest BCUT2D eigenvalue weighted by Crippen LogP contribution is 2.29. The van der Waals surface area contributed by atoms with Crippen LogP contribution in [-0.2, 0) is 0 Å². The third kappa shape index (κ3) is 4.78. The first kappa shape index (κ1) is 25.2. The van der Waals surface area contributed by atoms with Crippen LogP contribution in [0.5, 0.6) is 5.75 Å². The number of carbonyl (C=O) groups excluding carboxylic acids is 1. The first-order valence-electron chi connectivity index (χ1n) is 13.3. The summed E-state index contributed by atoms with van der Waals surface area (Å²) in [6.07, 6.45) is 0.976. The number of nitrogens with zero attached hydrogens (tertiary/aromatic N) is 9. The summed E-state index contributed by atoms with van der Waals surface area (Å²) in [7, 11) is 4.06. The predicted octanol–water partition coefficient (Wildman–Crippen LogP) is 2.55. The highest BCUT2D eigenvalue weighted by atomic mass is 16.5. The van der Waals surface area contributed by atoms with Crippen LogP contribution >= 0.6 is 0 Å². The van der Waals surface area contributed by atoms with Crippen molar-refractivity contribution in [3.8, 4) is 17.0 Å². The van der Waals surface area contributed by atoms with Crippen molar-refractivity contribution in [3.63, 3.8) is 0 Å². The molecule has 0 unspecified atom stereocenters. The highest BCUT2D eigenvalue weighted by molar-refractivity contribution is 5.93. The number of hydrogen-bond donors (Lipinski definition) is 0. The molecule has 5 heterocycles. The van der Waals surface area contributed by atoms with Crippen LogP contribution in [0.4, 0.5) is 5.69 Å². The van der Waals surface area contributed by atoms with E-state index in [4.69, 9.17) is 4.74 Å². The maximum atomic E-state index is 12.7. The van der Waals surface area contributed by atoms with Crippen LogP contribution in [-0.4, -0.2) is 97.9 Å². The minimum Gasteiger partial charge on any atom is -0.485 e. The van der Waals surface area contributed by atoms with Crippen molar-refractivity contribution in [1.82, 2.24) is 39.6 Å². The molecule has 11 nitrogen and oxygen atoms in total. The number of aromatic nitrogens is 6. The molecule has 0 spiro atoms. The number of anilines is 1. The number of amides is 1. The molecule has 1 aromatic carbocycles. The van der Waals surface area contributed by atoms with Crippen LogP contribution in [0.3, 0.4) is 0 Å². The van der Waals surface area contributed by atoms with E-state index >= 15 is 0 Å². The molecule has 2 fully saturated rings. The molecule has 0 N–H and O–H groups in total. The predicted molar refractivity (Wildman–Crippen MR) is 147 cm³/mol. The Hall–Kier alpha value is -4.12. The zero-order chi connectivity index (χ0) is 27.3. The van der Waals surface area contributed by atoms with E-state index in [9.17, 15) is 4.79 Å². The van der Waals surface area contributed by atoms with Crippen molar-refractivity contribution in [3.05, 3.63) is 59.3 Å². The molecule has 202 valence electrons. The van der Waals surface area contributed by atoms with Gasteiger partial charge in [-0.1, -0.05) is 12.1 Å². The standard InChI is InChI=1S/C28H33N9O2/c1-17-26(18(2)37-28(29-17)30-19(3)33-37)39-23-12-13-35(16-23)21-8-6-20(7-9-21)24-10-11-25(32-31-24)27(38)36-14-22(15-36)34(4)5/h6-11,22-23H,12-16H2,1-5H3/t23-/m1/s1. The number of fused-ring (bicyclic) bond motifs is 1. The largest absolute Gasteiger partial charge is 0.485 e. The minimum atomic E-state index is -0.0641. The van der Waals surface area contributed by atoms with Crippen molar-refractivity contribution in [2.75, 3.05) is 45.2 Å². The average molecular weight is 528 g/mol. The van der Waals surface area contributed by atoms with E-state index in [0.717, 1.165) is 66.7 Å². The summed E-state index contributed by atoms with van der Waals surface area (Å²) in [5.41, 5.74) is 4.96. The van der Waals surface area contributed by atoms with Crippen LogP contribution in [0.1, 0.15) is 34.1 Å². The van der Waals surface area contributed by atoms with Crippen LogP contribution < -0.4 is 9.64 Å². The molecule has 2 aliphatic rings. The molecular weight excluding hydrogens is 494 g/mol. The summed E-state index contributed by atoms with van der Waals surface area (Å²) in [5.74, 6) is 2.01. The van der Waals surface area contributed by atoms with E-state index in [-0.39, 0.29) is 12.0 Å². The summed E-state index contributed by atoms with van der Waals surface area (Å²) in [6, 6.07) is 12.3. The van der Waals surface area contributed by atoms with Crippen molar-refractivity contribution >= 4 is 17.4 Å². The van der Waals surface area contributed by atoms with Gasteiger partial charge in [-0.15, -0.1) is 15.3 Å². The van der Waals surface area contributed by atoms with Crippen LogP contribution in [0.25, 0.3) is 17.0 Å². The number of carbonyl (C=O) groups is 1. The van der Waals surface area contributed by atoms with E-state index in [1.807, 2.05) is 58.0 Å². The van der Waals surface area contributed by atoms with Crippen LogP contribution in [0.15, 0.2) is 36.4 Å². The third-order valence-electron chi connectivity index (χ3n) is 7.66. The number of aryl methyl sites for hydroxylation is 3. The SMILES string of the molecule is Cc1nc2nc(C)c(O[C@@H]3CCN(c4ccc(-c5ccc(C(=O)N6CC(N(C)C)C6)nn5)cc4)C3)c(C)n2n1. The number of hydrogen-bond acceptors (Lipinski definition) is 9. The number of benzene rings is 1. The maximum Gasteiger partial charge on any atom is 0.274 e. The Morgan fingerprint density at radius 3 is 2.44 bits per heavy atom. The highest BCUT2D eigenvalue weighted by Gasteiger charge is 2.33. The first-order chi connectivity index (χ1) is 18.8. The van der Waals surface area contributed by atoms with Crippen molar-refractivity contribution < 1.29 is 9.53 Å². The van der Waals surface area contributed by atoms with Gasteiger partial charge >= 0.3 is 0 Å². The van der Waals surface area contributed by atoms with E-state index in [0.29, 0.717) is 23.3 Å². The fourth-order valence-corrected chi connectivity index (χ4v) is 5.21. The Balaban J connectivity index is 1.08. The second-order valence-electron chi connectivity index (χ2n) is 10.6. The van der Waals surface area contributed by atoms with Gasteiger partial charge in [-0.25, -0.2) is 4.98 Å². The van der Waals surface area contributed by atoms with E-state index < -0.39 is 0 Å². The normalized spacial score (nSPS) is 17.7. The Morgan fingerprint density at radius 2 is 1.74 bits per heavy atom. The fourth-order valence-electron chi connectivity index (χ4n) is 5.21. The Bertz CT molecular complexity index is 1510. The van der Waals surface area contributed by atoms with Gasteiger partial charge < -0.3 is 19.4 Å². The maximum absolute atomic E-state index is 12.7. The number of likely N-dealkylation sites (tertiary alicyclic amines) is 1. The van der Waals surface area contributed by atoms with Gasteiger partial charge in [0.1, 0.15) is 11.9 Å². The van der Waals surface area contributed by atoms with Crippen LogP contribution in [0, 0.1) is 20.8 Å². The summed E-state index contributed by atoms with van der Waals surface area (Å²) in [4.78, 5) is 27.9. The van der Waals surface area contributed by atoms with Crippen molar-refractivity contribution in [1.29, 1.82) is 0 Å². The smallest absolute Gasteiger partial charge is 0.274 e. The number of rotatable bonds is 6. The number of ether oxygens (including phenoxy) is 1. The summed E-state index contributed by atoms with van der Waals surface area (Å²) in [6.45, 7) is 8.96. The molecule has 4 aromatic rings. The monoisotopic (exact) mass is 527 g/mol. The molecule has 0 radical (unpaired) electrons. The summed E-state index contributed by atoms with van der Waals surface area (Å²) < 4.78 is 8.18. The lowest BCUT2D eigenvalue weighted by Crippen LogP contribution is -2.59. The van der Waals surface area contributed by atoms with Crippen molar-refractivity contribution in [2.24, 2.45) is 0 Å². The van der Waals surface area contributed by atoms with Gasteiger partial charge in [-0.05, 0) is 59.1 Å². The molecule has 6 rings (SSSR count). The molecule has 2 aliphatic heterocycles. The Kier molecular flexibility index (Phi) is 6.38. The van der Waals surface area contributed by atoms with E-state index in [2.05, 4.69) is 47.2 Å². The van der Waals surface area contributed by atoms with E-state index in [1.165, 1.54) is 0 Å². The quantitative estimate of drug-likeness (QED) is 0.374. The van der Waals surface area contributed by atoms with Gasteiger partial charge in [0.05, 0.1) is 23.6 Å². The van der Waals surface area contributed by atoms with Gasteiger partial charge in [-0.2, -0.15) is 9.50 Å². The lowest BCUT2D eigenvalue weighted by molar-refractivity contribution is 0.0393. The molecule has 1 amide bonds. The molecule has 11 heteroatoms. The topological polar surface area (TPSA) is 105 Å². The molecule has 39 heavy (non-hydrogen) atoms. The molecule has 2 saturated heterocycles. The Morgan fingerprint density at radius 1 is 0.974 bits per heavy atom. The van der Waals surface area contributed by atoms with Gasteiger partial charge in [0.15, 0.2) is 11.4 Å². The Labute approximate surface area is 227 Å². The van der Waals surface area contributed by atoms with Gasteiger partial charge in [-0.3, -0.25) is 4.79 Å². The zero-order valence-corrected chi connectivity index (χ0v) is 23.0. The molecule has 3 aromatic heterocycles. The first-order valence-corrected chi connectivity index (χ1v) is 13.3. The molecule has 1 atom stereocenters. The summed E-state index contributed by atoms with van der Waals surface area (Å²) >= 11 is 0. The fraction of sp³-hybridized carbons (Fsp3) is 0.429. The average Bonchev–Trinajstić information content (AvgIpc) is 3.52. The lowest BCUT2D eigenvalue weighted by atomic mass is 10.1. The summed E-state index contributed by atoms with van der Waals surface area (Å²) in [5, 5.41) is 13.0. The number of likely N-dealkylation sites (N-methyl/N-ethyl adjacent to an activating group) is 1. The third-order valence-corrected chi connectivity index (χ3v) is 7.66. The molecular formula is C28H33N9O2. The second kappa shape index (κ2) is 9.88. The van der Waals surface area contributed by atoms with Gasteiger partial charge in [0.2, 0.25) is 0 Å². The minimum absolute atomic E-state index is 0.0568. The van der Waals surface area contributed by atoms with Crippen LogP contribution in [0.2, 0.25) is 0 Å². The molecule has 0 bridgehead atoms. The molecule has 0 aliphatic carbocycles. The van der Waals surface area contributed by atoms with Gasteiger partial charge in [0.25, 0.3) is 11.7 Å². The van der Waals surface area contributed by atoms with Gasteiger partial charge in [0, 0.05) is 43.3 Å². The van der Waals surface area contributed by atoms with Crippen molar-refractivity contribution in [2.45, 2.75) is 39.3 Å². The molecule has 0 saturated carbocycles.